The van der Waals surface area contributed by atoms with Gasteiger partial charge in [-0.3, -0.25) is 19.8 Å². The van der Waals surface area contributed by atoms with E-state index in [2.05, 4.69) is 35.1 Å². The van der Waals surface area contributed by atoms with Crippen molar-refractivity contribution >= 4 is 56.8 Å². The Morgan fingerprint density at radius 3 is 2.45 bits per heavy atom. The zero-order valence-corrected chi connectivity index (χ0v) is 18.8. The van der Waals surface area contributed by atoms with Gasteiger partial charge in [-0.25, -0.2) is 0 Å². The largest absolute Gasteiger partial charge is 0.493 e. The first kappa shape index (κ1) is 21.2. The molecule has 150 valence electrons. The fraction of sp³-hybridized carbons (Fsp3) is 0.227. The van der Waals surface area contributed by atoms with Crippen molar-refractivity contribution in [1.29, 1.82) is 0 Å². The van der Waals surface area contributed by atoms with Crippen molar-refractivity contribution in [1.82, 2.24) is 5.32 Å². The van der Waals surface area contributed by atoms with Gasteiger partial charge in [-0.1, -0.05) is 32.0 Å². The highest BCUT2D eigenvalue weighted by atomic mass is 79.9. The molecule has 0 bridgehead atoms. The highest BCUT2D eigenvalue weighted by Gasteiger charge is 2.34. The molecule has 0 spiro atoms. The highest BCUT2D eigenvalue weighted by molar-refractivity contribution is 9.10. The highest BCUT2D eigenvalue weighted by Crippen LogP contribution is 2.28. The summed E-state index contributed by atoms with van der Waals surface area (Å²) in [6.45, 7) is 6.64. The van der Waals surface area contributed by atoms with Crippen molar-refractivity contribution in [2.24, 2.45) is 0 Å². The average molecular weight is 473 g/mol. The number of ether oxygens (including phenoxy) is 1. The molecule has 7 heteroatoms. The van der Waals surface area contributed by atoms with Gasteiger partial charge in [0, 0.05) is 0 Å². The number of amides is 2. The summed E-state index contributed by atoms with van der Waals surface area (Å²) in [5.41, 5.74) is 2.48. The Morgan fingerprint density at radius 1 is 1.17 bits per heavy atom. The van der Waals surface area contributed by atoms with Crippen molar-refractivity contribution in [3.05, 3.63) is 63.6 Å². The standard InChI is InChI=1S/C22H21BrN2O3S/c1-4-28-19-10-5-14(12-18(19)23)11-17-20(26)24-22(29)25(21(17)27)16-8-6-15(7-9-16)13(2)3/h5-13H,4H2,1-3H3,(H,24,26,29)/b17-11+. The topological polar surface area (TPSA) is 58.6 Å². The molecule has 1 aliphatic heterocycles. The Hall–Kier alpha value is -2.51. The van der Waals surface area contributed by atoms with Crippen LogP contribution in [0.15, 0.2) is 52.5 Å². The summed E-state index contributed by atoms with van der Waals surface area (Å²) >= 11 is 8.70. The van der Waals surface area contributed by atoms with Gasteiger partial charge in [0.2, 0.25) is 0 Å². The van der Waals surface area contributed by atoms with Crippen LogP contribution >= 0.6 is 28.1 Å². The molecule has 5 nitrogen and oxygen atoms in total. The van der Waals surface area contributed by atoms with Crippen molar-refractivity contribution in [3.8, 4) is 5.75 Å². The second kappa shape index (κ2) is 8.88. The number of hydrogen-bond acceptors (Lipinski definition) is 4. The van der Waals surface area contributed by atoms with E-state index in [1.807, 2.05) is 31.2 Å². The molecule has 1 aliphatic rings. The van der Waals surface area contributed by atoms with Crippen LogP contribution < -0.4 is 15.0 Å². The van der Waals surface area contributed by atoms with Crippen molar-refractivity contribution in [2.75, 3.05) is 11.5 Å². The molecule has 1 fully saturated rings. The summed E-state index contributed by atoms with van der Waals surface area (Å²) in [5, 5.41) is 2.68. The number of thiocarbonyl (C=S) groups is 1. The lowest BCUT2D eigenvalue weighted by molar-refractivity contribution is -0.122. The summed E-state index contributed by atoms with van der Waals surface area (Å²) in [6.07, 6.45) is 1.55. The Labute approximate surface area is 183 Å². The van der Waals surface area contributed by atoms with E-state index in [-0.39, 0.29) is 10.7 Å². The van der Waals surface area contributed by atoms with Crippen LogP contribution in [0.25, 0.3) is 6.08 Å². The lowest BCUT2D eigenvalue weighted by atomic mass is 10.0. The minimum atomic E-state index is -0.514. The first-order valence-corrected chi connectivity index (χ1v) is 10.5. The predicted molar refractivity (Wildman–Crippen MR) is 122 cm³/mol. The van der Waals surface area contributed by atoms with Gasteiger partial charge in [-0.15, -0.1) is 0 Å². The predicted octanol–water partition coefficient (Wildman–Crippen LogP) is 4.80. The molecule has 3 rings (SSSR count). The van der Waals surface area contributed by atoms with Gasteiger partial charge in [0.1, 0.15) is 11.3 Å². The fourth-order valence-corrected chi connectivity index (χ4v) is 3.74. The van der Waals surface area contributed by atoms with E-state index in [1.54, 1.807) is 24.3 Å². The van der Waals surface area contributed by atoms with Crippen molar-refractivity contribution in [2.45, 2.75) is 26.7 Å². The van der Waals surface area contributed by atoms with E-state index >= 15 is 0 Å². The van der Waals surface area contributed by atoms with E-state index in [9.17, 15) is 9.59 Å². The number of anilines is 1. The average Bonchev–Trinajstić information content (AvgIpc) is 2.67. The number of hydrogen-bond donors (Lipinski definition) is 1. The van der Waals surface area contributed by atoms with E-state index in [0.717, 1.165) is 10.0 Å². The SMILES string of the molecule is CCOc1ccc(/C=C2\C(=O)NC(=S)N(c3ccc(C(C)C)cc3)C2=O)cc1Br. The zero-order chi connectivity index (χ0) is 21.1. The minimum absolute atomic E-state index is 0.0163. The normalized spacial score (nSPS) is 15.8. The van der Waals surface area contributed by atoms with Crippen LogP contribution in [0.2, 0.25) is 0 Å². The minimum Gasteiger partial charge on any atom is -0.493 e. The molecule has 1 heterocycles. The van der Waals surface area contributed by atoms with E-state index in [4.69, 9.17) is 17.0 Å². The molecule has 2 aromatic carbocycles. The third kappa shape index (κ3) is 4.57. The monoisotopic (exact) mass is 472 g/mol. The molecule has 1 N–H and O–H groups in total. The second-order valence-electron chi connectivity index (χ2n) is 6.83. The zero-order valence-electron chi connectivity index (χ0n) is 16.4. The Bertz CT molecular complexity index is 1000. The molecule has 0 atom stereocenters. The summed E-state index contributed by atoms with van der Waals surface area (Å²) in [5.74, 6) is 0.101. The van der Waals surface area contributed by atoms with E-state index in [1.165, 1.54) is 4.90 Å². The number of carbonyl (C=O) groups is 2. The third-order valence-electron chi connectivity index (χ3n) is 4.49. The van der Waals surface area contributed by atoms with Crippen LogP contribution in [0.4, 0.5) is 5.69 Å². The van der Waals surface area contributed by atoms with Gasteiger partial charge in [0.25, 0.3) is 11.8 Å². The smallest absolute Gasteiger partial charge is 0.270 e. The number of halogens is 1. The summed E-state index contributed by atoms with van der Waals surface area (Å²) in [7, 11) is 0. The van der Waals surface area contributed by atoms with Gasteiger partial charge in [0.05, 0.1) is 16.8 Å². The van der Waals surface area contributed by atoms with Crippen molar-refractivity contribution < 1.29 is 14.3 Å². The van der Waals surface area contributed by atoms with Crippen LogP contribution in [-0.2, 0) is 9.59 Å². The molecular formula is C22H21BrN2O3S. The fourth-order valence-electron chi connectivity index (χ4n) is 2.95. The number of nitrogens with zero attached hydrogens (tertiary/aromatic N) is 1. The number of nitrogens with one attached hydrogen (secondary N) is 1. The summed E-state index contributed by atoms with van der Waals surface area (Å²) < 4.78 is 6.24. The van der Waals surface area contributed by atoms with Gasteiger partial charge < -0.3 is 4.74 Å². The molecular weight excluding hydrogens is 452 g/mol. The Balaban J connectivity index is 1.94. The second-order valence-corrected chi connectivity index (χ2v) is 8.07. The molecule has 1 saturated heterocycles. The van der Waals surface area contributed by atoms with Gasteiger partial charge in [0.15, 0.2) is 5.11 Å². The molecule has 0 unspecified atom stereocenters. The van der Waals surface area contributed by atoms with Gasteiger partial charge in [-0.05, 0) is 82.5 Å². The maximum atomic E-state index is 13.1. The summed E-state index contributed by atoms with van der Waals surface area (Å²) in [6, 6.07) is 13.0. The number of rotatable bonds is 5. The van der Waals surface area contributed by atoms with Crippen LogP contribution in [0.1, 0.15) is 37.8 Å². The molecule has 2 amide bonds. The molecule has 0 saturated carbocycles. The number of carbonyl (C=O) groups excluding carboxylic acids is 2. The van der Waals surface area contributed by atoms with Crippen LogP contribution in [0.3, 0.4) is 0 Å². The maximum Gasteiger partial charge on any atom is 0.270 e. The summed E-state index contributed by atoms with van der Waals surface area (Å²) in [4.78, 5) is 26.9. The first-order valence-electron chi connectivity index (χ1n) is 9.25. The maximum absolute atomic E-state index is 13.1. The molecule has 2 aromatic rings. The quantitative estimate of drug-likeness (QED) is 0.385. The molecule has 0 aliphatic carbocycles. The van der Waals surface area contributed by atoms with Crippen LogP contribution in [0.5, 0.6) is 5.75 Å². The van der Waals surface area contributed by atoms with E-state index < -0.39 is 11.8 Å². The van der Waals surface area contributed by atoms with E-state index in [0.29, 0.717) is 29.5 Å². The van der Waals surface area contributed by atoms with Gasteiger partial charge in [-0.2, -0.15) is 0 Å². The number of benzene rings is 2. The van der Waals surface area contributed by atoms with Crippen LogP contribution in [-0.4, -0.2) is 23.5 Å². The Morgan fingerprint density at radius 2 is 1.86 bits per heavy atom. The lowest BCUT2D eigenvalue weighted by Crippen LogP contribution is -2.54. The van der Waals surface area contributed by atoms with Crippen LogP contribution in [0, 0.1) is 0 Å². The van der Waals surface area contributed by atoms with Gasteiger partial charge >= 0.3 is 0 Å². The molecule has 0 aromatic heterocycles. The van der Waals surface area contributed by atoms with Crippen molar-refractivity contribution in [3.63, 3.8) is 0 Å². The lowest BCUT2D eigenvalue weighted by Gasteiger charge is -2.29. The first-order chi connectivity index (χ1) is 13.8. The molecule has 0 radical (unpaired) electrons. The Kier molecular flexibility index (Phi) is 6.49. The molecule has 29 heavy (non-hydrogen) atoms. The third-order valence-corrected chi connectivity index (χ3v) is 5.39.